The normalized spacial score (nSPS) is 11.5. The minimum Gasteiger partial charge on any atom is -0.493 e. The summed E-state index contributed by atoms with van der Waals surface area (Å²) in [5.74, 6) is 1.69. The van der Waals surface area contributed by atoms with Gasteiger partial charge in [0.05, 0.1) is 24.8 Å². The number of aliphatic hydroxyl groups excluding tert-OH is 1. The molecule has 0 unspecified atom stereocenters. The van der Waals surface area contributed by atoms with Gasteiger partial charge in [-0.2, -0.15) is 5.26 Å². The molecule has 0 bridgehead atoms. The summed E-state index contributed by atoms with van der Waals surface area (Å²) in [6.07, 6.45) is 0.215. The van der Waals surface area contributed by atoms with Gasteiger partial charge in [-0.15, -0.1) is 0 Å². The maximum Gasteiger partial charge on any atom is 0.169 e. The van der Waals surface area contributed by atoms with E-state index >= 15 is 0 Å². The van der Waals surface area contributed by atoms with Crippen LogP contribution in [0, 0.1) is 11.3 Å². The van der Waals surface area contributed by atoms with Crippen LogP contribution in [-0.4, -0.2) is 12.2 Å². The molecular formula is C17H17NO3. The number of hydrogen-bond acceptors (Lipinski definition) is 4. The second kappa shape index (κ2) is 6.78. The number of nitrogens with zero attached hydrogens (tertiary/aromatic N) is 1. The van der Waals surface area contributed by atoms with Gasteiger partial charge >= 0.3 is 0 Å². The van der Waals surface area contributed by atoms with E-state index in [4.69, 9.17) is 14.7 Å². The van der Waals surface area contributed by atoms with E-state index in [0.717, 1.165) is 5.56 Å². The number of aliphatic hydroxyl groups is 1. The van der Waals surface area contributed by atoms with Gasteiger partial charge in [-0.1, -0.05) is 19.1 Å². The van der Waals surface area contributed by atoms with Crippen molar-refractivity contribution in [2.24, 2.45) is 0 Å². The first-order valence-electron chi connectivity index (χ1n) is 6.72. The Bertz CT molecular complexity index is 644. The predicted octanol–water partition coefficient (Wildman–Crippen LogP) is 3.80. The maximum absolute atomic E-state index is 9.76. The third kappa shape index (κ3) is 3.53. The van der Waals surface area contributed by atoms with E-state index in [-0.39, 0.29) is 0 Å². The summed E-state index contributed by atoms with van der Waals surface area (Å²) >= 11 is 0. The van der Waals surface area contributed by atoms with Crippen LogP contribution in [0.3, 0.4) is 0 Å². The largest absolute Gasteiger partial charge is 0.493 e. The number of nitriles is 1. The summed E-state index contributed by atoms with van der Waals surface area (Å²) in [5.41, 5.74) is 1.37. The van der Waals surface area contributed by atoms with Crippen molar-refractivity contribution in [3.05, 3.63) is 53.6 Å². The molecule has 1 atom stereocenters. The minimum absolute atomic E-state index is 0.455. The lowest BCUT2D eigenvalue weighted by Gasteiger charge is -2.12. The molecule has 4 heteroatoms. The Kier molecular flexibility index (Phi) is 4.81. The minimum atomic E-state index is -0.455. The molecule has 1 N–H and O–H groups in total. The number of rotatable bonds is 5. The monoisotopic (exact) mass is 283 g/mol. The summed E-state index contributed by atoms with van der Waals surface area (Å²) in [7, 11) is 1.53. The van der Waals surface area contributed by atoms with Crippen molar-refractivity contribution >= 4 is 0 Å². The summed E-state index contributed by atoms with van der Waals surface area (Å²) in [4.78, 5) is 0. The van der Waals surface area contributed by atoms with E-state index in [1.54, 1.807) is 30.3 Å². The summed E-state index contributed by atoms with van der Waals surface area (Å²) < 4.78 is 11.0. The fourth-order valence-corrected chi connectivity index (χ4v) is 1.94. The van der Waals surface area contributed by atoms with E-state index in [0.29, 0.717) is 29.2 Å². The van der Waals surface area contributed by atoms with Crippen molar-refractivity contribution in [2.75, 3.05) is 7.11 Å². The lowest BCUT2D eigenvalue weighted by atomic mass is 10.1. The fourth-order valence-electron chi connectivity index (χ4n) is 1.94. The van der Waals surface area contributed by atoms with Crippen LogP contribution in [0.25, 0.3) is 0 Å². The lowest BCUT2D eigenvalue weighted by molar-refractivity contribution is 0.173. The molecule has 2 aromatic carbocycles. The SMILES string of the molecule is CC[C@@H](O)c1ccc(Oc2ccc(C#N)cc2OC)cc1. The van der Waals surface area contributed by atoms with Crippen molar-refractivity contribution in [2.45, 2.75) is 19.4 Å². The molecule has 0 aromatic heterocycles. The predicted molar refractivity (Wildman–Crippen MR) is 79.5 cm³/mol. The van der Waals surface area contributed by atoms with E-state index in [1.165, 1.54) is 7.11 Å². The quantitative estimate of drug-likeness (QED) is 0.906. The first-order chi connectivity index (χ1) is 10.2. The van der Waals surface area contributed by atoms with Gasteiger partial charge in [-0.3, -0.25) is 0 Å². The van der Waals surface area contributed by atoms with Gasteiger partial charge in [0.25, 0.3) is 0 Å². The van der Waals surface area contributed by atoms with E-state index in [2.05, 4.69) is 6.07 Å². The molecule has 2 aromatic rings. The highest BCUT2D eigenvalue weighted by atomic mass is 16.5. The Hall–Kier alpha value is -2.51. The van der Waals surface area contributed by atoms with Gasteiger partial charge < -0.3 is 14.6 Å². The number of benzene rings is 2. The summed E-state index contributed by atoms with van der Waals surface area (Å²) in [5, 5.41) is 18.6. The Morgan fingerprint density at radius 1 is 1.14 bits per heavy atom. The molecular weight excluding hydrogens is 266 g/mol. The summed E-state index contributed by atoms with van der Waals surface area (Å²) in [6.45, 7) is 1.93. The fraction of sp³-hybridized carbons (Fsp3) is 0.235. The second-order valence-electron chi connectivity index (χ2n) is 4.57. The van der Waals surface area contributed by atoms with Crippen molar-refractivity contribution in [1.29, 1.82) is 5.26 Å². The average Bonchev–Trinajstić information content (AvgIpc) is 2.55. The summed E-state index contributed by atoms with van der Waals surface area (Å²) in [6, 6.07) is 14.3. The zero-order chi connectivity index (χ0) is 15.2. The standard InChI is InChI=1S/C17H17NO3/c1-3-15(19)13-5-7-14(8-6-13)21-16-9-4-12(11-18)10-17(16)20-2/h4-10,15,19H,3H2,1-2H3/t15-/m1/s1. The van der Waals surface area contributed by atoms with Crippen LogP contribution in [0.1, 0.15) is 30.6 Å². The molecule has 108 valence electrons. The maximum atomic E-state index is 9.76. The lowest BCUT2D eigenvalue weighted by Crippen LogP contribution is -1.95. The Labute approximate surface area is 124 Å². The van der Waals surface area contributed by atoms with Crippen LogP contribution in [-0.2, 0) is 0 Å². The van der Waals surface area contributed by atoms with E-state index in [9.17, 15) is 5.11 Å². The van der Waals surface area contributed by atoms with Gasteiger partial charge in [-0.05, 0) is 36.2 Å². The van der Waals surface area contributed by atoms with E-state index < -0.39 is 6.10 Å². The molecule has 0 aliphatic carbocycles. The van der Waals surface area contributed by atoms with Gasteiger partial charge in [-0.25, -0.2) is 0 Å². The molecule has 0 heterocycles. The third-order valence-electron chi connectivity index (χ3n) is 3.17. The van der Waals surface area contributed by atoms with Crippen LogP contribution < -0.4 is 9.47 Å². The molecule has 0 fully saturated rings. The first kappa shape index (κ1) is 14.9. The molecule has 0 aliphatic rings. The highest BCUT2D eigenvalue weighted by Gasteiger charge is 2.08. The van der Waals surface area contributed by atoms with Gasteiger partial charge in [0.1, 0.15) is 5.75 Å². The highest BCUT2D eigenvalue weighted by Crippen LogP contribution is 2.32. The van der Waals surface area contributed by atoms with Crippen molar-refractivity contribution in [1.82, 2.24) is 0 Å². The molecule has 21 heavy (non-hydrogen) atoms. The van der Waals surface area contributed by atoms with Gasteiger partial charge in [0.2, 0.25) is 0 Å². The molecule has 0 saturated carbocycles. The zero-order valence-electron chi connectivity index (χ0n) is 12.0. The number of hydrogen-bond donors (Lipinski definition) is 1. The van der Waals surface area contributed by atoms with Crippen molar-refractivity contribution in [3.63, 3.8) is 0 Å². The Morgan fingerprint density at radius 3 is 2.43 bits per heavy atom. The molecule has 0 radical (unpaired) electrons. The first-order valence-corrected chi connectivity index (χ1v) is 6.72. The molecule has 0 spiro atoms. The number of methoxy groups -OCH3 is 1. The molecule has 0 amide bonds. The zero-order valence-corrected chi connectivity index (χ0v) is 12.0. The van der Waals surface area contributed by atoms with Crippen LogP contribution in [0.2, 0.25) is 0 Å². The third-order valence-corrected chi connectivity index (χ3v) is 3.17. The van der Waals surface area contributed by atoms with E-state index in [1.807, 2.05) is 19.1 Å². The topological polar surface area (TPSA) is 62.5 Å². The smallest absolute Gasteiger partial charge is 0.169 e. The second-order valence-corrected chi connectivity index (χ2v) is 4.57. The van der Waals surface area contributed by atoms with Crippen LogP contribution in [0.5, 0.6) is 17.2 Å². The average molecular weight is 283 g/mol. The van der Waals surface area contributed by atoms with Crippen LogP contribution >= 0.6 is 0 Å². The van der Waals surface area contributed by atoms with Gasteiger partial charge in [0.15, 0.2) is 11.5 Å². The number of ether oxygens (including phenoxy) is 2. The van der Waals surface area contributed by atoms with Crippen molar-refractivity contribution in [3.8, 4) is 23.3 Å². The molecule has 4 nitrogen and oxygen atoms in total. The Morgan fingerprint density at radius 2 is 1.86 bits per heavy atom. The highest BCUT2D eigenvalue weighted by molar-refractivity contribution is 5.48. The molecule has 2 rings (SSSR count). The molecule has 0 aliphatic heterocycles. The van der Waals surface area contributed by atoms with Crippen LogP contribution in [0.4, 0.5) is 0 Å². The Balaban J connectivity index is 2.20. The van der Waals surface area contributed by atoms with Crippen molar-refractivity contribution < 1.29 is 14.6 Å². The molecule has 0 saturated heterocycles. The van der Waals surface area contributed by atoms with Gasteiger partial charge in [0, 0.05) is 6.07 Å². The van der Waals surface area contributed by atoms with Crippen LogP contribution in [0.15, 0.2) is 42.5 Å².